The van der Waals surface area contributed by atoms with Gasteiger partial charge >= 0.3 is 0 Å². The standard InChI is InChI=1S/C22H21N3O2/c1-4-21-15(2)24(14-18-7-5-17(13-23)6-8-18)16(3)22(21)19-9-11-20(12-10-19)25(26)27/h5-12H,4,14H2,1-3H3. The summed E-state index contributed by atoms with van der Waals surface area (Å²) < 4.78 is 2.27. The number of nitriles is 1. The van der Waals surface area contributed by atoms with Gasteiger partial charge in [-0.15, -0.1) is 0 Å². The van der Waals surface area contributed by atoms with Crippen molar-refractivity contribution >= 4 is 5.69 Å². The molecule has 5 heteroatoms. The Balaban J connectivity index is 2.04. The van der Waals surface area contributed by atoms with E-state index in [2.05, 4.69) is 31.4 Å². The van der Waals surface area contributed by atoms with Crippen molar-refractivity contribution in [3.63, 3.8) is 0 Å². The minimum atomic E-state index is -0.376. The maximum atomic E-state index is 10.9. The number of non-ortho nitro benzene ring substituents is 1. The van der Waals surface area contributed by atoms with E-state index in [-0.39, 0.29) is 10.6 Å². The Labute approximate surface area is 158 Å². The largest absolute Gasteiger partial charge is 0.344 e. The van der Waals surface area contributed by atoms with E-state index in [0.29, 0.717) is 5.56 Å². The minimum absolute atomic E-state index is 0.100. The van der Waals surface area contributed by atoms with Crippen molar-refractivity contribution < 1.29 is 4.92 Å². The quantitative estimate of drug-likeness (QED) is 0.466. The Bertz CT molecular complexity index is 1020. The Morgan fingerprint density at radius 1 is 1.04 bits per heavy atom. The zero-order chi connectivity index (χ0) is 19.6. The van der Waals surface area contributed by atoms with Crippen LogP contribution in [0, 0.1) is 35.3 Å². The van der Waals surface area contributed by atoms with Crippen molar-refractivity contribution in [1.29, 1.82) is 5.26 Å². The molecule has 3 rings (SSSR count). The van der Waals surface area contributed by atoms with Crippen LogP contribution in [0.5, 0.6) is 0 Å². The second kappa shape index (κ2) is 7.46. The maximum absolute atomic E-state index is 10.9. The molecule has 0 amide bonds. The van der Waals surface area contributed by atoms with Crippen LogP contribution >= 0.6 is 0 Å². The third-order valence-corrected chi connectivity index (χ3v) is 5.05. The molecule has 0 unspecified atom stereocenters. The Kier molecular flexibility index (Phi) is 5.09. The molecule has 0 bridgehead atoms. The number of nitro benzene ring substituents is 1. The van der Waals surface area contributed by atoms with Gasteiger partial charge in [0.25, 0.3) is 5.69 Å². The Morgan fingerprint density at radius 2 is 1.67 bits per heavy atom. The highest BCUT2D eigenvalue weighted by molar-refractivity contribution is 5.73. The summed E-state index contributed by atoms with van der Waals surface area (Å²) in [6.45, 7) is 7.06. The summed E-state index contributed by atoms with van der Waals surface area (Å²) in [6, 6.07) is 16.5. The lowest BCUT2D eigenvalue weighted by atomic mass is 9.99. The van der Waals surface area contributed by atoms with E-state index in [4.69, 9.17) is 5.26 Å². The zero-order valence-electron chi connectivity index (χ0n) is 15.7. The molecule has 0 saturated carbocycles. The number of nitro groups is 1. The molecule has 0 saturated heterocycles. The van der Waals surface area contributed by atoms with E-state index < -0.39 is 0 Å². The lowest BCUT2D eigenvalue weighted by molar-refractivity contribution is -0.384. The molecule has 0 spiro atoms. The molecule has 1 aromatic heterocycles. The van der Waals surface area contributed by atoms with Crippen molar-refractivity contribution in [1.82, 2.24) is 4.57 Å². The van der Waals surface area contributed by atoms with Crippen molar-refractivity contribution in [3.8, 4) is 17.2 Å². The van der Waals surface area contributed by atoms with Crippen molar-refractivity contribution in [2.45, 2.75) is 33.7 Å². The van der Waals surface area contributed by atoms with E-state index in [9.17, 15) is 10.1 Å². The average Bonchev–Trinajstić information content (AvgIpc) is 2.92. The average molecular weight is 359 g/mol. The molecule has 0 fully saturated rings. The molecule has 0 aliphatic rings. The van der Waals surface area contributed by atoms with Gasteiger partial charge in [0, 0.05) is 35.6 Å². The molecule has 1 heterocycles. The first kappa shape index (κ1) is 18.4. The van der Waals surface area contributed by atoms with Crippen molar-refractivity contribution in [2.24, 2.45) is 0 Å². The van der Waals surface area contributed by atoms with Crippen LogP contribution in [0.1, 0.15) is 35.0 Å². The van der Waals surface area contributed by atoms with E-state index in [1.807, 2.05) is 36.4 Å². The highest BCUT2D eigenvalue weighted by atomic mass is 16.6. The van der Waals surface area contributed by atoms with Crippen LogP contribution in [0.4, 0.5) is 5.69 Å². The molecule has 2 aromatic carbocycles. The van der Waals surface area contributed by atoms with Crippen LogP contribution < -0.4 is 0 Å². The van der Waals surface area contributed by atoms with Gasteiger partial charge in [-0.1, -0.05) is 19.1 Å². The molecular weight excluding hydrogens is 338 g/mol. The molecule has 3 aromatic rings. The summed E-state index contributed by atoms with van der Waals surface area (Å²) in [4.78, 5) is 10.6. The number of hydrogen-bond donors (Lipinski definition) is 0. The minimum Gasteiger partial charge on any atom is -0.344 e. The van der Waals surface area contributed by atoms with Crippen LogP contribution in [-0.4, -0.2) is 9.49 Å². The molecular formula is C22H21N3O2. The molecule has 27 heavy (non-hydrogen) atoms. The summed E-state index contributed by atoms with van der Waals surface area (Å²) in [7, 11) is 0. The first-order valence-electron chi connectivity index (χ1n) is 8.88. The molecule has 0 atom stereocenters. The highest BCUT2D eigenvalue weighted by Crippen LogP contribution is 2.34. The number of hydrogen-bond acceptors (Lipinski definition) is 3. The van der Waals surface area contributed by atoms with E-state index >= 15 is 0 Å². The van der Waals surface area contributed by atoms with Gasteiger partial charge in [0.05, 0.1) is 16.6 Å². The normalized spacial score (nSPS) is 10.6. The molecule has 136 valence electrons. The third kappa shape index (κ3) is 3.47. The van der Waals surface area contributed by atoms with Gasteiger partial charge in [0.15, 0.2) is 0 Å². The lowest BCUT2D eigenvalue weighted by Gasteiger charge is -2.10. The fourth-order valence-corrected chi connectivity index (χ4v) is 3.62. The second-order valence-corrected chi connectivity index (χ2v) is 6.58. The maximum Gasteiger partial charge on any atom is 0.269 e. The first-order chi connectivity index (χ1) is 13.0. The second-order valence-electron chi connectivity index (χ2n) is 6.58. The van der Waals surface area contributed by atoms with Gasteiger partial charge in [-0.3, -0.25) is 10.1 Å². The smallest absolute Gasteiger partial charge is 0.269 e. The van der Waals surface area contributed by atoms with E-state index in [1.54, 1.807) is 12.1 Å². The molecule has 0 aliphatic heterocycles. The zero-order valence-corrected chi connectivity index (χ0v) is 15.7. The Hall–Kier alpha value is -3.39. The predicted molar refractivity (Wildman–Crippen MR) is 106 cm³/mol. The SMILES string of the molecule is CCc1c(-c2ccc([N+](=O)[O-])cc2)c(C)n(Cc2ccc(C#N)cc2)c1C. The number of nitrogens with zero attached hydrogens (tertiary/aromatic N) is 3. The summed E-state index contributed by atoms with van der Waals surface area (Å²) in [5.41, 5.74) is 7.64. The fourth-order valence-electron chi connectivity index (χ4n) is 3.62. The van der Waals surface area contributed by atoms with Crippen LogP contribution in [0.2, 0.25) is 0 Å². The van der Waals surface area contributed by atoms with Gasteiger partial charge < -0.3 is 4.57 Å². The van der Waals surface area contributed by atoms with Gasteiger partial charge in [0.2, 0.25) is 0 Å². The van der Waals surface area contributed by atoms with Crippen LogP contribution in [-0.2, 0) is 13.0 Å². The van der Waals surface area contributed by atoms with Crippen molar-refractivity contribution in [2.75, 3.05) is 0 Å². The number of benzene rings is 2. The number of aromatic nitrogens is 1. The summed E-state index contributed by atoms with van der Waals surface area (Å²) in [5.74, 6) is 0. The van der Waals surface area contributed by atoms with E-state index in [0.717, 1.165) is 35.3 Å². The Morgan fingerprint density at radius 3 is 2.19 bits per heavy atom. The molecule has 0 aliphatic carbocycles. The van der Waals surface area contributed by atoms with Crippen molar-refractivity contribution in [3.05, 3.63) is 86.7 Å². The van der Waals surface area contributed by atoms with Gasteiger partial charge in [0.1, 0.15) is 0 Å². The molecule has 5 nitrogen and oxygen atoms in total. The van der Waals surface area contributed by atoms with Crippen LogP contribution in [0.25, 0.3) is 11.1 Å². The van der Waals surface area contributed by atoms with Crippen LogP contribution in [0.3, 0.4) is 0 Å². The monoisotopic (exact) mass is 359 g/mol. The first-order valence-corrected chi connectivity index (χ1v) is 8.88. The summed E-state index contributed by atoms with van der Waals surface area (Å²) in [5, 5.41) is 19.9. The summed E-state index contributed by atoms with van der Waals surface area (Å²) >= 11 is 0. The van der Waals surface area contributed by atoms with Gasteiger partial charge in [-0.2, -0.15) is 5.26 Å². The molecule has 0 N–H and O–H groups in total. The lowest BCUT2D eigenvalue weighted by Crippen LogP contribution is -2.04. The van der Waals surface area contributed by atoms with Gasteiger partial charge in [-0.05, 0) is 61.2 Å². The summed E-state index contributed by atoms with van der Waals surface area (Å²) in [6.07, 6.45) is 0.888. The van der Waals surface area contributed by atoms with Gasteiger partial charge in [-0.25, -0.2) is 0 Å². The number of rotatable bonds is 5. The molecule has 0 radical (unpaired) electrons. The predicted octanol–water partition coefficient (Wildman–Crippen LogP) is 5.16. The fraction of sp³-hybridized carbons (Fsp3) is 0.227. The van der Waals surface area contributed by atoms with Crippen LogP contribution in [0.15, 0.2) is 48.5 Å². The topological polar surface area (TPSA) is 71.9 Å². The third-order valence-electron chi connectivity index (χ3n) is 5.05. The highest BCUT2D eigenvalue weighted by Gasteiger charge is 2.18. The van der Waals surface area contributed by atoms with E-state index in [1.165, 1.54) is 11.3 Å².